The number of nitrogens with one attached hydrogen (secondary N) is 1. The molecule has 0 bridgehead atoms. The monoisotopic (exact) mass is 214 g/mol. The average Bonchev–Trinajstić information content (AvgIpc) is 2.80. The second-order valence-corrected chi connectivity index (χ2v) is 6.21. The van der Waals surface area contributed by atoms with E-state index in [1.165, 1.54) is 0 Å². The Morgan fingerprint density at radius 1 is 1.20 bits per heavy atom. The second-order valence-electron chi connectivity index (χ2n) is 6.21. The predicted molar refractivity (Wildman–Crippen MR) is 63.9 cm³/mol. The van der Waals surface area contributed by atoms with Crippen molar-refractivity contribution >= 4 is 0 Å². The first-order chi connectivity index (χ1) is 6.69. The van der Waals surface area contributed by atoms with E-state index in [-0.39, 0.29) is 11.0 Å². The fourth-order valence-corrected chi connectivity index (χ4v) is 2.40. The molecule has 0 amide bonds. The van der Waals surface area contributed by atoms with Gasteiger partial charge in [-0.3, -0.25) is 4.90 Å². The van der Waals surface area contributed by atoms with E-state index in [1.807, 2.05) is 7.05 Å². The standard InChI is InChI=1S/C12H26N2O/c1-11(2,8-12(3,4)13-5)9-10(15-9)14(6)7/h9-10,13H,8H2,1-7H3. The first-order valence-corrected chi connectivity index (χ1v) is 5.70. The summed E-state index contributed by atoms with van der Waals surface area (Å²) in [6, 6.07) is 0. The van der Waals surface area contributed by atoms with Crippen LogP contribution in [0.4, 0.5) is 0 Å². The summed E-state index contributed by atoms with van der Waals surface area (Å²) in [5.74, 6) is 0. The van der Waals surface area contributed by atoms with Crippen LogP contribution in [-0.4, -0.2) is 43.9 Å². The van der Waals surface area contributed by atoms with Crippen molar-refractivity contribution in [3.05, 3.63) is 0 Å². The van der Waals surface area contributed by atoms with Crippen molar-refractivity contribution in [2.45, 2.75) is 52.0 Å². The van der Waals surface area contributed by atoms with Gasteiger partial charge in [0.25, 0.3) is 0 Å². The van der Waals surface area contributed by atoms with Gasteiger partial charge in [0, 0.05) is 5.54 Å². The lowest BCUT2D eigenvalue weighted by Crippen LogP contribution is -2.42. The molecule has 0 spiro atoms. The highest BCUT2D eigenvalue weighted by molar-refractivity contribution is 4.98. The van der Waals surface area contributed by atoms with Crippen molar-refractivity contribution in [1.29, 1.82) is 0 Å². The first-order valence-electron chi connectivity index (χ1n) is 5.70. The molecule has 1 fully saturated rings. The number of ether oxygens (including phenoxy) is 1. The van der Waals surface area contributed by atoms with Crippen molar-refractivity contribution in [3.8, 4) is 0 Å². The minimum absolute atomic E-state index is 0.173. The van der Waals surface area contributed by atoms with E-state index < -0.39 is 0 Å². The second kappa shape index (κ2) is 4.04. The SMILES string of the molecule is CNC(C)(C)CC(C)(C)C1OC1N(C)C. The number of likely N-dealkylation sites (N-methyl/N-ethyl adjacent to an activating group) is 1. The lowest BCUT2D eigenvalue weighted by atomic mass is 9.77. The molecule has 1 heterocycles. The molecule has 90 valence electrons. The maximum absolute atomic E-state index is 5.73. The summed E-state index contributed by atoms with van der Waals surface area (Å²) in [7, 11) is 6.17. The Morgan fingerprint density at radius 2 is 1.73 bits per heavy atom. The summed E-state index contributed by atoms with van der Waals surface area (Å²) in [4.78, 5) is 2.15. The van der Waals surface area contributed by atoms with Crippen molar-refractivity contribution < 1.29 is 4.74 Å². The first kappa shape index (κ1) is 12.9. The zero-order valence-electron chi connectivity index (χ0n) is 11.2. The van der Waals surface area contributed by atoms with Crippen LogP contribution in [0, 0.1) is 5.41 Å². The Balaban J connectivity index is 2.54. The predicted octanol–water partition coefficient (Wildman–Crippen LogP) is 1.69. The molecule has 1 rings (SSSR count). The molecule has 0 saturated carbocycles. The average molecular weight is 214 g/mol. The van der Waals surface area contributed by atoms with Gasteiger partial charge in [0.15, 0.2) is 0 Å². The maximum Gasteiger partial charge on any atom is 0.137 e. The zero-order valence-corrected chi connectivity index (χ0v) is 11.2. The Kier molecular flexibility index (Phi) is 3.49. The number of epoxide rings is 1. The molecule has 0 aromatic carbocycles. The van der Waals surface area contributed by atoms with Crippen LogP contribution in [0.15, 0.2) is 0 Å². The smallest absolute Gasteiger partial charge is 0.137 e. The number of nitrogens with zero attached hydrogens (tertiary/aromatic N) is 1. The Morgan fingerprint density at radius 3 is 2.07 bits per heavy atom. The van der Waals surface area contributed by atoms with Crippen LogP contribution in [0.25, 0.3) is 0 Å². The maximum atomic E-state index is 5.73. The molecule has 3 nitrogen and oxygen atoms in total. The Labute approximate surface area is 94.2 Å². The summed E-state index contributed by atoms with van der Waals surface area (Å²) < 4.78 is 5.73. The molecule has 2 unspecified atom stereocenters. The summed E-state index contributed by atoms with van der Waals surface area (Å²) in [6.45, 7) is 9.06. The molecular weight excluding hydrogens is 188 g/mol. The molecular formula is C12H26N2O. The van der Waals surface area contributed by atoms with E-state index in [1.54, 1.807) is 0 Å². The Bertz CT molecular complexity index is 224. The van der Waals surface area contributed by atoms with Gasteiger partial charge in [0.05, 0.1) is 0 Å². The van der Waals surface area contributed by atoms with E-state index >= 15 is 0 Å². The molecule has 1 aliphatic rings. The molecule has 0 aromatic heterocycles. The lowest BCUT2D eigenvalue weighted by Gasteiger charge is -2.34. The summed E-state index contributed by atoms with van der Waals surface area (Å²) in [5.41, 5.74) is 0.397. The van der Waals surface area contributed by atoms with E-state index in [9.17, 15) is 0 Å². The molecule has 0 aromatic rings. The number of hydrogen-bond acceptors (Lipinski definition) is 3. The zero-order chi connectivity index (χ0) is 11.9. The van der Waals surface area contributed by atoms with Gasteiger partial charge in [-0.1, -0.05) is 13.8 Å². The third-order valence-electron chi connectivity index (χ3n) is 3.32. The fourth-order valence-electron chi connectivity index (χ4n) is 2.40. The van der Waals surface area contributed by atoms with E-state index in [0.717, 1.165) is 6.42 Å². The molecule has 1 aliphatic heterocycles. The summed E-state index contributed by atoms with van der Waals surface area (Å²) in [6.07, 6.45) is 1.80. The van der Waals surface area contributed by atoms with Gasteiger partial charge < -0.3 is 10.1 Å². The van der Waals surface area contributed by atoms with Crippen LogP contribution in [0.5, 0.6) is 0 Å². The van der Waals surface area contributed by atoms with Crippen LogP contribution in [0.2, 0.25) is 0 Å². The van der Waals surface area contributed by atoms with Gasteiger partial charge in [-0.25, -0.2) is 0 Å². The fraction of sp³-hybridized carbons (Fsp3) is 1.00. The Hall–Kier alpha value is -0.120. The van der Waals surface area contributed by atoms with Crippen LogP contribution < -0.4 is 5.32 Å². The van der Waals surface area contributed by atoms with E-state index in [4.69, 9.17) is 4.74 Å². The highest BCUT2D eigenvalue weighted by Gasteiger charge is 2.52. The van der Waals surface area contributed by atoms with Crippen LogP contribution in [-0.2, 0) is 4.74 Å². The number of rotatable bonds is 5. The van der Waals surface area contributed by atoms with Gasteiger partial charge >= 0.3 is 0 Å². The van der Waals surface area contributed by atoms with Crippen LogP contribution in [0.1, 0.15) is 34.1 Å². The quantitative estimate of drug-likeness (QED) is 0.706. The highest BCUT2D eigenvalue weighted by atomic mass is 16.6. The molecule has 1 saturated heterocycles. The molecule has 15 heavy (non-hydrogen) atoms. The molecule has 0 radical (unpaired) electrons. The van der Waals surface area contributed by atoms with Gasteiger partial charge in [-0.15, -0.1) is 0 Å². The third-order valence-corrected chi connectivity index (χ3v) is 3.32. The molecule has 0 aliphatic carbocycles. The number of hydrogen-bond donors (Lipinski definition) is 1. The molecule has 2 atom stereocenters. The lowest BCUT2D eigenvalue weighted by molar-refractivity contribution is 0.172. The minimum Gasteiger partial charge on any atom is -0.352 e. The topological polar surface area (TPSA) is 27.8 Å². The minimum atomic E-state index is 0.173. The van der Waals surface area contributed by atoms with Crippen molar-refractivity contribution in [2.75, 3.05) is 21.1 Å². The molecule has 1 N–H and O–H groups in total. The van der Waals surface area contributed by atoms with Gasteiger partial charge in [0.1, 0.15) is 12.3 Å². The van der Waals surface area contributed by atoms with Crippen LogP contribution >= 0.6 is 0 Å². The highest BCUT2D eigenvalue weighted by Crippen LogP contribution is 2.43. The van der Waals surface area contributed by atoms with Crippen molar-refractivity contribution in [3.63, 3.8) is 0 Å². The van der Waals surface area contributed by atoms with E-state index in [2.05, 4.69) is 52.0 Å². The summed E-state index contributed by atoms with van der Waals surface area (Å²) in [5, 5.41) is 3.35. The normalized spacial score (nSPS) is 27.2. The summed E-state index contributed by atoms with van der Waals surface area (Å²) >= 11 is 0. The van der Waals surface area contributed by atoms with Crippen molar-refractivity contribution in [1.82, 2.24) is 10.2 Å². The van der Waals surface area contributed by atoms with E-state index in [0.29, 0.717) is 12.3 Å². The molecule has 3 heteroatoms. The van der Waals surface area contributed by atoms with Crippen LogP contribution in [0.3, 0.4) is 0 Å². The third kappa shape index (κ3) is 3.16. The van der Waals surface area contributed by atoms with Gasteiger partial charge in [0.2, 0.25) is 0 Å². The van der Waals surface area contributed by atoms with Crippen molar-refractivity contribution in [2.24, 2.45) is 5.41 Å². The van der Waals surface area contributed by atoms with Gasteiger partial charge in [-0.2, -0.15) is 0 Å². The van der Waals surface area contributed by atoms with Gasteiger partial charge in [-0.05, 0) is 46.8 Å². The largest absolute Gasteiger partial charge is 0.352 e.